The summed E-state index contributed by atoms with van der Waals surface area (Å²) in [6, 6.07) is 2.19. The van der Waals surface area contributed by atoms with Gasteiger partial charge in [0.25, 0.3) is 0 Å². The monoisotopic (exact) mass is 214 g/mol. The SMILES string of the molecule is CCOC(C)C(NN)c1sccc1C. The van der Waals surface area contributed by atoms with Crippen LogP contribution in [0.2, 0.25) is 0 Å². The third-order valence-electron chi connectivity index (χ3n) is 2.26. The van der Waals surface area contributed by atoms with Gasteiger partial charge in [-0.05, 0) is 37.8 Å². The van der Waals surface area contributed by atoms with Gasteiger partial charge in [-0.25, -0.2) is 5.43 Å². The van der Waals surface area contributed by atoms with Crippen LogP contribution in [0.5, 0.6) is 0 Å². The molecular formula is C10H18N2OS. The van der Waals surface area contributed by atoms with Crippen molar-refractivity contribution in [2.45, 2.75) is 32.9 Å². The second-order valence-electron chi connectivity index (χ2n) is 3.27. The summed E-state index contributed by atoms with van der Waals surface area (Å²) in [6.07, 6.45) is 0.0994. The van der Waals surface area contributed by atoms with Crippen LogP contribution < -0.4 is 11.3 Å². The molecule has 1 aromatic heterocycles. The summed E-state index contributed by atoms with van der Waals surface area (Å²) in [5.74, 6) is 5.54. The normalized spacial score (nSPS) is 15.4. The first-order chi connectivity index (χ1) is 6.70. The number of thiophene rings is 1. The predicted molar refractivity (Wildman–Crippen MR) is 60.2 cm³/mol. The van der Waals surface area contributed by atoms with Crippen LogP contribution in [-0.4, -0.2) is 12.7 Å². The molecule has 3 nitrogen and oxygen atoms in total. The minimum atomic E-state index is 0.0925. The van der Waals surface area contributed by atoms with Crippen LogP contribution in [0.4, 0.5) is 0 Å². The fourth-order valence-corrected chi connectivity index (χ4v) is 2.57. The first-order valence-electron chi connectivity index (χ1n) is 4.82. The lowest BCUT2D eigenvalue weighted by Gasteiger charge is -2.22. The third-order valence-corrected chi connectivity index (χ3v) is 3.36. The lowest BCUT2D eigenvalue weighted by Crippen LogP contribution is -2.36. The fourth-order valence-electron chi connectivity index (χ4n) is 1.49. The Balaban J connectivity index is 2.76. The molecule has 0 saturated carbocycles. The average Bonchev–Trinajstić information content (AvgIpc) is 2.54. The van der Waals surface area contributed by atoms with E-state index in [9.17, 15) is 0 Å². The van der Waals surface area contributed by atoms with Crippen molar-refractivity contribution < 1.29 is 4.74 Å². The molecule has 0 amide bonds. The van der Waals surface area contributed by atoms with Crippen LogP contribution in [0.3, 0.4) is 0 Å². The highest BCUT2D eigenvalue weighted by Gasteiger charge is 2.20. The van der Waals surface area contributed by atoms with Crippen LogP contribution in [0.1, 0.15) is 30.3 Å². The second-order valence-corrected chi connectivity index (χ2v) is 4.22. The Morgan fingerprint density at radius 3 is 2.79 bits per heavy atom. The molecule has 0 aliphatic carbocycles. The number of hydrazine groups is 1. The van der Waals surface area contributed by atoms with Crippen molar-refractivity contribution in [2.24, 2.45) is 5.84 Å². The maximum Gasteiger partial charge on any atom is 0.0814 e. The molecule has 0 fully saturated rings. The Labute approximate surface area is 89.2 Å². The van der Waals surface area contributed by atoms with Crippen LogP contribution in [0.15, 0.2) is 11.4 Å². The lowest BCUT2D eigenvalue weighted by molar-refractivity contribution is 0.0480. The molecule has 1 aromatic rings. The molecule has 0 radical (unpaired) electrons. The molecule has 4 heteroatoms. The van der Waals surface area contributed by atoms with Crippen molar-refractivity contribution in [3.63, 3.8) is 0 Å². The molecule has 0 aliphatic heterocycles. The van der Waals surface area contributed by atoms with E-state index in [-0.39, 0.29) is 12.1 Å². The molecule has 0 saturated heterocycles. The van der Waals surface area contributed by atoms with Gasteiger partial charge in [-0.1, -0.05) is 0 Å². The van der Waals surface area contributed by atoms with Gasteiger partial charge in [-0.15, -0.1) is 11.3 Å². The Bertz CT molecular complexity index is 275. The Morgan fingerprint density at radius 1 is 1.64 bits per heavy atom. The van der Waals surface area contributed by atoms with E-state index in [0.717, 1.165) is 0 Å². The molecule has 0 aromatic carbocycles. The van der Waals surface area contributed by atoms with E-state index < -0.39 is 0 Å². The van der Waals surface area contributed by atoms with Crippen LogP contribution in [0.25, 0.3) is 0 Å². The number of hydrogen-bond donors (Lipinski definition) is 2. The molecule has 0 aliphatic rings. The second kappa shape index (κ2) is 5.46. The summed E-state index contributed by atoms with van der Waals surface area (Å²) in [6.45, 7) is 6.83. The zero-order valence-corrected chi connectivity index (χ0v) is 9.73. The predicted octanol–water partition coefficient (Wildman–Crippen LogP) is 1.99. The van der Waals surface area contributed by atoms with E-state index in [1.807, 2.05) is 13.8 Å². The van der Waals surface area contributed by atoms with Crippen molar-refractivity contribution >= 4 is 11.3 Å². The first-order valence-corrected chi connectivity index (χ1v) is 5.70. The number of aryl methyl sites for hydroxylation is 1. The van der Waals surface area contributed by atoms with Gasteiger partial charge in [0, 0.05) is 11.5 Å². The highest BCUT2D eigenvalue weighted by molar-refractivity contribution is 7.10. The van der Waals surface area contributed by atoms with Gasteiger partial charge < -0.3 is 4.74 Å². The summed E-state index contributed by atoms with van der Waals surface area (Å²) in [5, 5.41) is 2.08. The van der Waals surface area contributed by atoms with Gasteiger partial charge in [0.1, 0.15) is 0 Å². The molecule has 1 heterocycles. The van der Waals surface area contributed by atoms with Crippen LogP contribution in [0, 0.1) is 6.92 Å². The number of rotatable bonds is 5. The maximum atomic E-state index is 5.54. The van der Waals surface area contributed by atoms with E-state index in [1.165, 1.54) is 10.4 Å². The molecular weight excluding hydrogens is 196 g/mol. The number of hydrogen-bond acceptors (Lipinski definition) is 4. The molecule has 80 valence electrons. The Hall–Kier alpha value is -0.420. The Kier molecular flexibility index (Phi) is 4.54. The summed E-state index contributed by atoms with van der Waals surface area (Å²) < 4.78 is 5.54. The Morgan fingerprint density at radius 2 is 2.36 bits per heavy atom. The summed E-state index contributed by atoms with van der Waals surface area (Å²) >= 11 is 1.71. The molecule has 3 N–H and O–H groups in total. The number of ether oxygens (including phenoxy) is 1. The van der Waals surface area contributed by atoms with Crippen molar-refractivity contribution in [1.29, 1.82) is 0 Å². The average molecular weight is 214 g/mol. The summed E-state index contributed by atoms with van der Waals surface area (Å²) in [5.41, 5.74) is 4.08. The van der Waals surface area contributed by atoms with E-state index in [4.69, 9.17) is 10.6 Å². The molecule has 2 atom stereocenters. The topological polar surface area (TPSA) is 47.3 Å². The van der Waals surface area contributed by atoms with E-state index >= 15 is 0 Å². The highest BCUT2D eigenvalue weighted by Crippen LogP contribution is 2.26. The minimum Gasteiger partial charge on any atom is -0.377 e. The van der Waals surface area contributed by atoms with E-state index in [1.54, 1.807) is 11.3 Å². The smallest absolute Gasteiger partial charge is 0.0814 e. The largest absolute Gasteiger partial charge is 0.377 e. The van der Waals surface area contributed by atoms with Gasteiger partial charge in [-0.2, -0.15) is 0 Å². The van der Waals surface area contributed by atoms with Crippen molar-refractivity contribution in [1.82, 2.24) is 5.43 Å². The van der Waals surface area contributed by atoms with Gasteiger partial charge in [0.05, 0.1) is 12.1 Å². The van der Waals surface area contributed by atoms with E-state index in [2.05, 4.69) is 23.8 Å². The standard InChI is InChI=1S/C10H18N2OS/c1-4-13-8(3)9(12-11)10-7(2)5-6-14-10/h5-6,8-9,12H,4,11H2,1-3H3. The lowest BCUT2D eigenvalue weighted by atomic mass is 10.1. The minimum absolute atomic E-state index is 0.0925. The van der Waals surface area contributed by atoms with Crippen molar-refractivity contribution in [3.8, 4) is 0 Å². The molecule has 0 spiro atoms. The van der Waals surface area contributed by atoms with Gasteiger partial charge in [0.15, 0.2) is 0 Å². The molecule has 14 heavy (non-hydrogen) atoms. The van der Waals surface area contributed by atoms with E-state index in [0.29, 0.717) is 6.61 Å². The molecule has 0 bridgehead atoms. The quantitative estimate of drug-likeness (QED) is 0.582. The van der Waals surface area contributed by atoms with Crippen molar-refractivity contribution in [3.05, 3.63) is 21.9 Å². The first kappa shape index (κ1) is 11.7. The maximum absolute atomic E-state index is 5.54. The zero-order valence-electron chi connectivity index (χ0n) is 8.91. The van der Waals surface area contributed by atoms with Gasteiger partial charge >= 0.3 is 0 Å². The third kappa shape index (κ3) is 2.54. The molecule has 2 unspecified atom stereocenters. The fraction of sp³-hybridized carbons (Fsp3) is 0.600. The molecule has 1 rings (SSSR count). The highest BCUT2D eigenvalue weighted by atomic mass is 32.1. The number of nitrogens with one attached hydrogen (secondary N) is 1. The van der Waals surface area contributed by atoms with Crippen LogP contribution >= 0.6 is 11.3 Å². The van der Waals surface area contributed by atoms with Gasteiger partial charge in [0.2, 0.25) is 0 Å². The zero-order chi connectivity index (χ0) is 10.6. The van der Waals surface area contributed by atoms with Crippen molar-refractivity contribution in [2.75, 3.05) is 6.61 Å². The summed E-state index contributed by atoms with van der Waals surface area (Å²) in [7, 11) is 0. The number of nitrogens with two attached hydrogens (primary N) is 1. The van der Waals surface area contributed by atoms with Gasteiger partial charge in [-0.3, -0.25) is 5.84 Å². The summed E-state index contributed by atoms with van der Waals surface area (Å²) in [4.78, 5) is 1.26. The van der Waals surface area contributed by atoms with Crippen LogP contribution in [-0.2, 0) is 4.74 Å².